The molecule has 0 aliphatic heterocycles. The molecule has 172 valence electrons. The zero-order valence-electron chi connectivity index (χ0n) is 17.5. The van der Waals surface area contributed by atoms with E-state index in [4.69, 9.17) is 5.11 Å². The molecule has 0 atom stereocenters. The fourth-order valence-electron chi connectivity index (χ4n) is 3.47. The molecule has 4 nitrogen and oxygen atoms in total. The van der Waals surface area contributed by atoms with Crippen LogP contribution in [0.4, 0.5) is 17.6 Å². The maximum absolute atomic E-state index is 14.0. The third kappa shape index (κ3) is 4.91. The number of hydrogen-bond acceptors (Lipinski definition) is 4. The summed E-state index contributed by atoms with van der Waals surface area (Å²) < 4.78 is 54.1. The van der Waals surface area contributed by atoms with Crippen molar-refractivity contribution >= 4 is 40.0 Å². The first-order valence-electron chi connectivity index (χ1n) is 9.80. The first-order valence-corrected chi connectivity index (χ1v) is 11.6. The quantitative estimate of drug-likeness (QED) is 0.234. The number of aliphatic carboxylic acids is 1. The van der Waals surface area contributed by atoms with Crippen molar-refractivity contribution in [1.82, 2.24) is 9.55 Å². The van der Waals surface area contributed by atoms with Gasteiger partial charge in [-0.05, 0) is 49.7 Å². The van der Waals surface area contributed by atoms with E-state index in [1.807, 2.05) is 32.0 Å². The van der Waals surface area contributed by atoms with E-state index in [0.717, 1.165) is 44.1 Å². The summed E-state index contributed by atoms with van der Waals surface area (Å²) in [6.07, 6.45) is -2.99. The highest BCUT2D eigenvalue weighted by molar-refractivity contribution is 7.98. The zero-order chi connectivity index (χ0) is 23.9. The highest BCUT2D eigenvalue weighted by Gasteiger charge is 2.34. The first kappa shape index (κ1) is 23.3. The number of halogens is 4. The normalized spacial score (nSPS) is 11.9. The summed E-state index contributed by atoms with van der Waals surface area (Å²) in [7, 11) is 0. The van der Waals surface area contributed by atoms with Crippen molar-refractivity contribution < 1.29 is 27.5 Å². The van der Waals surface area contributed by atoms with E-state index in [1.54, 1.807) is 22.5 Å². The van der Waals surface area contributed by atoms with E-state index in [2.05, 4.69) is 4.98 Å². The van der Waals surface area contributed by atoms with Crippen LogP contribution >= 0.6 is 23.1 Å². The summed E-state index contributed by atoms with van der Waals surface area (Å²) in [5.41, 5.74) is 1.61. The lowest BCUT2D eigenvalue weighted by molar-refractivity contribution is -0.140. The van der Waals surface area contributed by atoms with Crippen molar-refractivity contribution in [2.45, 2.75) is 37.2 Å². The molecule has 0 radical (unpaired) electrons. The van der Waals surface area contributed by atoms with Crippen LogP contribution in [0.3, 0.4) is 0 Å². The average Bonchev–Trinajstić information content (AvgIpc) is 3.28. The molecule has 0 amide bonds. The van der Waals surface area contributed by atoms with Crippen LogP contribution in [-0.2, 0) is 23.3 Å². The Morgan fingerprint density at radius 1 is 1.18 bits per heavy atom. The minimum Gasteiger partial charge on any atom is -0.480 e. The van der Waals surface area contributed by atoms with Gasteiger partial charge in [-0.3, -0.25) is 4.79 Å². The van der Waals surface area contributed by atoms with Gasteiger partial charge in [-0.2, -0.15) is 13.2 Å². The smallest absolute Gasteiger partial charge is 0.419 e. The molecule has 0 saturated heterocycles. The summed E-state index contributed by atoms with van der Waals surface area (Å²) in [5, 5.41) is 10.5. The number of hydrogen-bond donors (Lipinski definition) is 1. The van der Waals surface area contributed by atoms with Crippen LogP contribution in [0.1, 0.15) is 21.7 Å². The second-order valence-corrected chi connectivity index (χ2v) is 9.62. The van der Waals surface area contributed by atoms with Crippen LogP contribution in [0.25, 0.3) is 21.5 Å². The molecule has 0 aliphatic rings. The average molecular weight is 495 g/mol. The molecule has 33 heavy (non-hydrogen) atoms. The highest BCUT2D eigenvalue weighted by atomic mass is 32.2. The number of thioether (sulfide) groups is 1. The number of benzene rings is 2. The Morgan fingerprint density at radius 2 is 1.94 bits per heavy atom. The van der Waals surface area contributed by atoms with E-state index in [-0.39, 0.29) is 6.54 Å². The number of fused-ring (bicyclic) bond motifs is 1. The molecule has 0 aliphatic carbocycles. The van der Waals surface area contributed by atoms with E-state index in [9.17, 15) is 22.4 Å². The lowest BCUT2D eigenvalue weighted by atomic mass is 10.1. The molecule has 2 aromatic heterocycles. The number of alkyl halides is 3. The van der Waals surface area contributed by atoms with Gasteiger partial charge in [0, 0.05) is 38.2 Å². The number of aryl methyl sites for hydroxylation is 2. The van der Waals surface area contributed by atoms with Gasteiger partial charge in [0.2, 0.25) is 0 Å². The van der Waals surface area contributed by atoms with E-state index in [1.165, 1.54) is 17.4 Å². The molecule has 2 heterocycles. The Labute approximate surface area is 194 Å². The topological polar surface area (TPSA) is 55.1 Å². The lowest BCUT2D eigenvalue weighted by Gasteiger charge is -2.08. The monoisotopic (exact) mass is 494 g/mol. The maximum Gasteiger partial charge on any atom is 0.419 e. The molecule has 0 fully saturated rings. The number of carboxylic acid groups (broad SMARTS) is 1. The molecule has 2 aromatic carbocycles. The van der Waals surface area contributed by atoms with E-state index >= 15 is 0 Å². The highest BCUT2D eigenvalue weighted by Crippen LogP contribution is 2.37. The maximum atomic E-state index is 14.0. The van der Waals surface area contributed by atoms with Crippen LogP contribution in [0.5, 0.6) is 0 Å². The fraction of sp³-hybridized carbons (Fsp3) is 0.217. The molecular weight excluding hydrogens is 476 g/mol. The second-order valence-electron chi connectivity index (χ2n) is 7.52. The SMILES string of the molecule is Cc1cc2c(ccn2CC(=O)O)cc1SCc1sc(-c2ccc(C(F)(F)F)c(F)c2)nc1C. The number of aromatic nitrogens is 2. The van der Waals surface area contributed by atoms with Crippen molar-refractivity contribution in [1.29, 1.82) is 0 Å². The Bertz CT molecular complexity index is 1360. The lowest BCUT2D eigenvalue weighted by Crippen LogP contribution is -2.07. The first-order chi connectivity index (χ1) is 15.5. The van der Waals surface area contributed by atoms with Crippen molar-refractivity contribution in [2.75, 3.05) is 0 Å². The van der Waals surface area contributed by atoms with Crippen molar-refractivity contribution in [3.8, 4) is 10.6 Å². The fourth-order valence-corrected chi connectivity index (χ4v) is 5.73. The van der Waals surface area contributed by atoms with Gasteiger partial charge in [-0.1, -0.05) is 6.07 Å². The third-order valence-corrected chi connectivity index (χ3v) is 7.72. The van der Waals surface area contributed by atoms with Crippen LogP contribution < -0.4 is 0 Å². The van der Waals surface area contributed by atoms with Gasteiger partial charge in [0.1, 0.15) is 17.4 Å². The van der Waals surface area contributed by atoms with Gasteiger partial charge in [0.05, 0.1) is 11.3 Å². The zero-order valence-corrected chi connectivity index (χ0v) is 19.2. The molecular formula is C23H18F4N2O2S2. The number of rotatable bonds is 6. The minimum atomic E-state index is -4.74. The van der Waals surface area contributed by atoms with E-state index in [0.29, 0.717) is 16.3 Å². The van der Waals surface area contributed by atoms with Gasteiger partial charge >= 0.3 is 12.1 Å². The van der Waals surface area contributed by atoms with Crippen LogP contribution in [0.2, 0.25) is 0 Å². The van der Waals surface area contributed by atoms with Gasteiger partial charge in [0.15, 0.2) is 0 Å². The predicted octanol–water partition coefficient (Wildman–Crippen LogP) is 6.92. The summed E-state index contributed by atoms with van der Waals surface area (Å²) in [4.78, 5) is 17.4. The largest absolute Gasteiger partial charge is 0.480 e. The predicted molar refractivity (Wildman–Crippen MR) is 121 cm³/mol. The van der Waals surface area contributed by atoms with Crippen molar-refractivity contribution in [2.24, 2.45) is 0 Å². The number of carboxylic acids is 1. The molecule has 0 spiro atoms. The third-order valence-electron chi connectivity index (χ3n) is 5.15. The van der Waals surface area contributed by atoms with Crippen LogP contribution in [0.15, 0.2) is 47.5 Å². The second kappa shape index (κ2) is 8.83. The number of thiazole rings is 1. The van der Waals surface area contributed by atoms with Gasteiger partial charge in [0.25, 0.3) is 0 Å². The summed E-state index contributed by atoms with van der Waals surface area (Å²) in [6, 6.07) is 8.69. The van der Waals surface area contributed by atoms with E-state index < -0.39 is 23.5 Å². The minimum absolute atomic E-state index is 0.108. The molecule has 4 aromatic rings. The molecule has 10 heteroatoms. The molecule has 0 bridgehead atoms. The summed E-state index contributed by atoms with van der Waals surface area (Å²) in [5.74, 6) is -1.63. The molecule has 1 N–H and O–H groups in total. The Hall–Kier alpha value is -2.85. The molecule has 4 rings (SSSR count). The van der Waals surface area contributed by atoms with Gasteiger partial charge in [-0.25, -0.2) is 9.37 Å². The summed E-state index contributed by atoms with van der Waals surface area (Å²) >= 11 is 2.92. The van der Waals surface area contributed by atoms with Crippen molar-refractivity contribution in [3.05, 3.63) is 70.1 Å². The number of carbonyl (C=O) groups is 1. The Morgan fingerprint density at radius 3 is 2.61 bits per heavy atom. The standard InChI is InChI=1S/C23H18F4N2O2S2/c1-12-7-18-14(5-6-29(18)10-21(30)31)9-19(12)32-11-20-13(2)28-22(33-20)15-3-4-16(17(24)8-15)23(25,26)27/h3-9H,10-11H2,1-2H3,(H,30,31). The van der Waals surface area contributed by atoms with Crippen molar-refractivity contribution in [3.63, 3.8) is 0 Å². The van der Waals surface area contributed by atoms with Gasteiger partial charge in [-0.15, -0.1) is 23.1 Å². The Balaban J connectivity index is 1.54. The van der Waals surface area contributed by atoms with Crippen LogP contribution in [0, 0.1) is 19.7 Å². The molecule has 0 saturated carbocycles. The van der Waals surface area contributed by atoms with Crippen LogP contribution in [-0.4, -0.2) is 20.6 Å². The van der Waals surface area contributed by atoms with Gasteiger partial charge < -0.3 is 9.67 Å². The Kier molecular flexibility index (Phi) is 6.24. The summed E-state index contributed by atoms with van der Waals surface area (Å²) in [6.45, 7) is 3.66. The number of nitrogens with zero attached hydrogens (tertiary/aromatic N) is 2. The molecule has 0 unspecified atom stereocenters.